The molecule has 0 amide bonds. The first-order valence-electron chi connectivity index (χ1n) is 4.55. The second kappa shape index (κ2) is 3.64. The van der Waals surface area contributed by atoms with Gasteiger partial charge < -0.3 is 10.0 Å². The van der Waals surface area contributed by atoms with E-state index in [1.54, 1.807) is 12.3 Å². The van der Waals surface area contributed by atoms with Gasteiger partial charge >= 0.3 is 0 Å². The van der Waals surface area contributed by atoms with Crippen molar-refractivity contribution in [1.82, 2.24) is 4.98 Å². The average molecular weight is 189 g/mol. The quantitative estimate of drug-likeness (QED) is 0.730. The number of rotatable bonds is 2. The molecule has 0 spiro atoms. The molecule has 0 saturated carbocycles. The molecule has 1 fully saturated rings. The normalized spacial score (nSPS) is 16.1. The Hall–Kier alpha value is -1.60. The fourth-order valence-electron chi connectivity index (χ4n) is 1.51. The summed E-state index contributed by atoms with van der Waals surface area (Å²) in [4.78, 5) is 6.25. The van der Waals surface area contributed by atoms with Gasteiger partial charge in [-0.2, -0.15) is 5.26 Å². The zero-order chi connectivity index (χ0) is 9.97. The third-order valence-corrected chi connectivity index (χ3v) is 2.42. The van der Waals surface area contributed by atoms with E-state index in [9.17, 15) is 0 Å². The van der Waals surface area contributed by atoms with E-state index in [1.807, 2.05) is 12.1 Å². The van der Waals surface area contributed by atoms with Crippen molar-refractivity contribution in [3.63, 3.8) is 0 Å². The van der Waals surface area contributed by atoms with Crippen LogP contribution >= 0.6 is 0 Å². The number of hydrogen-bond donors (Lipinski definition) is 1. The lowest BCUT2D eigenvalue weighted by atomic mass is 10.0. The van der Waals surface area contributed by atoms with Gasteiger partial charge in [0.2, 0.25) is 0 Å². The average Bonchev–Trinajstić information content (AvgIpc) is 2.17. The summed E-state index contributed by atoms with van der Waals surface area (Å²) in [6.07, 6.45) is 1.57. The Labute approximate surface area is 82.4 Å². The fraction of sp³-hybridized carbons (Fsp3) is 0.400. The van der Waals surface area contributed by atoms with Crippen molar-refractivity contribution in [2.75, 3.05) is 24.6 Å². The number of anilines is 1. The molecule has 0 atom stereocenters. The Kier molecular flexibility index (Phi) is 2.33. The van der Waals surface area contributed by atoms with E-state index < -0.39 is 0 Å². The summed E-state index contributed by atoms with van der Waals surface area (Å²) < 4.78 is 0. The van der Waals surface area contributed by atoms with Gasteiger partial charge in [0.1, 0.15) is 11.9 Å². The van der Waals surface area contributed by atoms with Gasteiger partial charge in [-0.3, -0.25) is 0 Å². The maximum Gasteiger partial charge on any atom is 0.128 e. The Bertz CT molecular complexity index is 349. The van der Waals surface area contributed by atoms with Crippen LogP contribution in [0.15, 0.2) is 18.3 Å². The Morgan fingerprint density at radius 1 is 1.57 bits per heavy atom. The highest BCUT2D eigenvalue weighted by atomic mass is 16.3. The van der Waals surface area contributed by atoms with Crippen LogP contribution in [0, 0.1) is 17.2 Å². The van der Waals surface area contributed by atoms with E-state index in [-0.39, 0.29) is 6.61 Å². The number of aliphatic hydroxyl groups is 1. The first-order chi connectivity index (χ1) is 6.83. The second-order valence-electron chi connectivity index (χ2n) is 3.47. The lowest BCUT2D eigenvalue weighted by molar-refractivity contribution is 0.200. The van der Waals surface area contributed by atoms with E-state index in [2.05, 4.69) is 9.88 Å². The van der Waals surface area contributed by atoms with Crippen LogP contribution in [0.5, 0.6) is 0 Å². The topological polar surface area (TPSA) is 60.2 Å². The Morgan fingerprint density at radius 2 is 2.36 bits per heavy atom. The van der Waals surface area contributed by atoms with Crippen LogP contribution in [0.3, 0.4) is 0 Å². The number of nitriles is 1. The van der Waals surface area contributed by atoms with Gasteiger partial charge in [0.05, 0.1) is 5.56 Å². The van der Waals surface area contributed by atoms with E-state index >= 15 is 0 Å². The molecular formula is C10H11N3O. The van der Waals surface area contributed by atoms with Crippen molar-refractivity contribution >= 4 is 5.82 Å². The number of pyridine rings is 1. The molecule has 0 aromatic carbocycles. The van der Waals surface area contributed by atoms with E-state index in [0.29, 0.717) is 11.5 Å². The highest BCUT2D eigenvalue weighted by molar-refractivity contribution is 5.44. The molecule has 1 aromatic rings. The van der Waals surface area contributed by atoms with E-state index in [1.165, 1.54) is 0 Å². The largest absolute Gasteiger partial charge is 0.396 e. The summed E-state index contributed by atoms with van der Waals surface area (Å²) in [5, 5.41) is 17.4. The molecule has 1 aliphatic heterocycles. The van der Waals surface area contributed by atoms with Gasteiger partial charge in [-0.15, -0.1) is 0 Å². The number of hydrogen-bond acceptors (Lipinski definition) is 4. The van der Waals surface area contributed by atoms with Gasteiger partial charge in [0.25, 0.3) is 0 Å². The van der Waals surface area contributed by atoms with Gasteiger partial charge in [0, 0.05) is 31.8 Å². The molecule has 1 N–H and O–H groups in total. The molecule has 2 heterocycles. The van der Waals surface area contributed by atoms with Gasteiger partial charge in [-0.05, 0) is 12.1 Å². The zero-order valence-electron chi connectivity index (χ0n) is 7.72. The minimum atomic E-state index is 0.243. The van der Waals surface area contributed by atoms with Gasteiger partial charge in [-0.25, -0.2) is 4.98 Å². The summed E-state index contributed by atoms with van der Waals surface area (Å²) >= 11 is 0. The predicted molar refractivity (Wildman–Crippen MR) is 51.7 cm³/mol. The number of nitrogens with zero attached hydrogens (tertiary/aromatic N) is 3. The summed E-state index contributed by atoms with van der Waals surface area (Å²) in [5.41, 5.74) is 0.577. The van der Waals surface area contributed by atoms with E-state index in [0.717, 1.165) is 18.9 Å². The SMILES string of the molecule is N#Cc1ccc(N2CC(CO)C2)nc1. The van der Waals surface area contributed by atoms with Crippen LogP contribution < -0.4 is 4.90 Å². The van der Waals surface area contributed by atoms with Crippen molar-refractivity contribution in [2.45, 2.75) is 0 Å². The maximum absolute atomic E-state index is 8.84. The van der Waals surface area contributed by atoms with Crippen molar-refractivity contribution in [3.05, 3.63) is 23.9 Å². The molecule has 2 rings (SSSR count). The van der Waals surface area contributed by atoms with Crippen LogP contribution in [0.2, 0.25) is 0 Å². The minimum Gasteiger partial charge on any atom is -0.396 e. The van der Waals surface area contributed by atoms with Crippen LogP contribution in [0.25, 0.3) is 0 Å². The zero-order valence-corrected chi connectivity index (χ0v) is 7.72. The molecule has 4 heteroatoms. The lowest BCUT2D eigenvalue weighted by Crippen LogP contribution is -2.48. The van der Waals surface area contributed by atoms with Crippen LogP contribution in [-0.2, 0) is 0 Å². The molecule has 1 saturated heterocycles. The molecule has 1 aromatic heterocycles. The van der Waals surface area contributed by atoms with Crippen molar-refractivity contribution < 1.29 is 5.11 Å². The summed E-state index contributed by atoms with van der Waals surface area (Å²) in [6, 6.07) is 5.63. The van der Waals surface area contributed by atoms with Crippen molar-refractivity contribution in [3.8, 4) is 6.07 Å². The smallest absolute Gasteiger partial charge is 0.128 e. The lowest BCUT2D eigenvalue weighted by Gasteiger charge is -2.39. The number of aromatic nitrogens is 1. The molecular weight excluding hydrogens is 178 g/mol. The second-order valence-corrected chi connectivity index (χ2v) is 3.47. The van der Waals surface area contributed by atoms with Crippen molar-refractivity contribution in [2.24, 2.45) is 5.92 Å². The first-order valence-corrected chi connectivity index (χ1v) is 4.55. The third kappa shape index (κ3) is 1.54. The fourth-order valence-corrected chi connectivity index (χ4v) is 1.51. The molecule has 1 aliphatic rings. The number of aliphatic hydroxyl groups excluding tert-OH is 1. The molecule has 4 nitrogen and oxygen atoms in total. The molecule has 0 bridgehead atoms. The van der Waals surface area contributed by atoms with Crippen LogP contribution in [-0.4, -0.2) is 29.8 Å². The van der Waals surface area contributed by atoms with Gasteiger partial charge in [-0.1, -0.05) is 0 Å². The Morgan fingerprint density at radius 3 is 2.86 bits per heavy atom. The standard InChI is InChI=1S/C10H11N3O/c11-3-8-1-2-10(12-4-8)13-5-9(6-13)7-14/h1-2,4,9,14H,5-7H2. The predicted octanol–water partition coefficient (Wildman–Crippen LogP) is 0.382. The van der Waals surface area contributed by atoms with E-state index in [4.69, 9.17) is 10.4 Å². The van der Waals surface area contributed by atoms with Gasteiger partial charge in [0.15, 0.2) is 0 Å². The summed E-state index contributed by atoms with van der Waals surface area (Å²) in [7, 11) is 0. The highest BCUT2D eigenvalue weighted by Crippen LogP contribution is 2.21. The Balaban J connectivity index is 2.02. The maximum atomic E-state index is 8.84. The van der Waals surface area contributed by atoms with Crippen molar-refractivity contribution in [1.29, 1.82) is 5.26 Å². The minimum absolute atomic E-state index is 0.243. The highest BCUT2D eigenvalue weighted by Gasteiger charge is 2.26. The molecule has 0 aliphatic carbocycles. The molecule has 14 heavy (non-hydrogen) atoms. The molecule has 0 radical (unpaired) electrons. The third-order valence-electron chi connectivity index (χ3n) is 2.42. The molecule has 0 unspecified atom stereocenters. The first kappa shape index (κ1) is 8.97. The van der Waals surface area contributed by atoms with Crippen LogP contribution in [0.4, 0.5) is 5.82 Å². The summed E-state index contributed by atoms with van der Waals surface area (Å²) in [5.74, 6) is 1.26. The molecule has 72 valence electrons. The monoisotopic (exact) mass is 189 g/mol. The van der Waals surface area contributed by atoms with Crippen LogP contribution in [0.1, 0.15) is 5.56 Å². The summed E-state index contributed by atoms with van der Waals surface area (Å²) in [6.45, 7) is 1.96.